The molecule has 164 valence electrons. The number of carbonyl (C=O) groups excluding carboxylic acids is 2. The highest BCUT2D eigenvalue weighted by molar-refractivity contribution is 7.21. The summed E-state index contributed by atoms with van der Waals surface area (Å²) in [5.74, 6) is -1.68. The van der Waals surface area contributed by atoms with Gasteiger partial charge in [0, 0.05) is 27.5 Å². The summed E-state index contributed by atoms with van der Waals surface area (Å²) in [6.07, 6.45) is 3.31. The Bertz CT molecular complexity index is 1290. The van der Waals surface area contributed by atoms with E-state index in [9.17, 15) is 14.0 Å². The number of nitrogens with one attached hydrogen (secondary N) is 3. The summed E-state index contributed by atoms with van der Waals surface area (Å²) < 4.78 is 19.5. The zero-order chi connectivity index (χ0) is 22.7. The second-order valence-electron chi connectivity index (χ2n) is 6.75. The van der Waals surface area contributed by atoms with E-state index in [4.69, 9.17) is 16.3 Å². The zero-order valence-corrected chi connectivity index (χ0v) is 18.4. The Labute approximate surface area is 191 Å². The average Bonchev–Trinajstić information content (AvgIpc) is 3.42. The molecule has 0 saturated carbocycles. The molecule has 0 radical (unpaired) electrons. The molecule has 0 aliphatic carbocycles. The third kappa shape index (κ3) is 4.58. The monoisotopic (exact) mass is 472 g/mol. The second kappa shape index (κ2) is 9.37. The van der Waals surface area contributed by atoms with E-state index >= 15 is 0 Å². The van der Waals surface area contributed by atoms with Gasteiger partial charge in [-0.05, 0) is 43.3 Å². The van der Waals surface area contributed by atoms with E-state index in [1.807, 2.05) is 18.2 Å². The molecule has 32 heavy (non-hydrogen) atoms. The molecule has 7 nitrogen and oxygen atoms in total. The van der Waals surface area contributed by atoms with E-state index in [2.05, 4.69) is 20.6 Å². The van der Waals surface area contributed by atoms with Gasteiger partial charge in [-0.15, -0.1) is 11.3 Å². The number of halogens is 2. The summed E-state index contributed by atoms with van der Waals surface area (Å²) in [7, 11) is 0. The highest BCUT2D eigenvalue weighted by Gasteiger charge is 2.22. The summed E-state index contributed by atoms with van der Waals surface area (Å²) >= 11 is 7.03. The standard InChI is InChI=1S/C22H18ClFN4O3S/c1-2-31-22(30)20-19(28-21(29)12-3-5-17(24)16(23)7-12)15-8-13(4-6-18(15)32-20)26-10-14-9-25-11-27-14/h3-9,11,26H,2,10H2,1H3,(H,25,27)(H,28,29). The average molecular weight is 473 g/mol. The van der Waals surface area contributed by atoms with Crippen LogP contribution in [0.5, 0.6) is 0 Å². The molecule has 2 heterocycles. The van der Waals surface area contributed by atoms with Gasteiger partial charge in [-0.2, -0.15) is 0 Å². The molecule has 0 bridgehead atoms. The Morgan fingerprint density at radius 2 is 2.09 bits per heavy atom. The second-order valence-corrected chi connectivity index (χ2v) is 8.21. The van der Waals surface area contributed by atoms with Crippen LogP contribution in [-0.4, -0.2) is 28.5 Å². The lowest BCUT2D eigenvalue weighted by Gasteiger charge is -2.09. The Morgan fingerprint density at radius 3 is 2.81 bits per heavy atom. The number of esters is 1. The van der Waals surface area contributed by atoms with Crippen LogP contribution >= 0.6 is 22.9 Å². The summed E-state index contributed by atoms with van der Waals surface area (Å²) in [5.41, 5.74) is 2.20. The number of benzene rings is 2. The van der Waals surface area contributed by atoms with Crippen molar-refractivity contribution in [1.82, 2.24) is 9.97 Å². The fourth-order valence-electron chi connectivity index (χ4n) is 3.07. The first-order valence-electron chi connectivity index (χ1n) is 9.67. The third-order valence-electron chi connectivity index (χ3n) is 4.61. The molecule has 0 saturated heterocycles. The van der Waals surface area contributed by atoms with E-state index in [0.29, 0.717) is 17.6 Å². The molecule has 10 heteroatoms. The Hall–Kier alpha value is -3.43. The number of rotatable bonds is 7. The fraction of sp³-hybridized carbons (Fsp3) is 0.136. The quantitative estimate of drug-likeness (QED) is 0.310. The number of aromatic nitrogens is 2. The molecule has 0 fully saturated rings. The molecule has 2 aromatic heterocycles. The lowest BCUT2D eigenvalue weighted by atomic mass is 10.1. The number of ether oxygens (including phenoxy) is 1. The number of hydrogen-bond donors (Lipinski definition) is 3. The first-order valence-corrected chi connectivity index (χ1v) is 10.9. The van der Waals surface area contributed by atoms with Crippen LogP contribution in [0.2, 0.25) is 5.02 Å². The number of hydrogen-bond acceptors (Lipinski definition) is 6. The van der Waals surface area contributed by atoms with E-state index in [1.165, 1.54) is 23.5 Å². The SMILES string of the molecule is CCOC(=O)c1sc2ccc(NCc3cnc[nH]3)cc2c1NC(=O)c1ccc(F)c(Cl)c1. The fourth-order valence-corrected chi connectivity index (χ4v) is 4.29. The number of imidazole rings is 1. The number of fused-ring (bicyclic) bond motifs is 1. The van der Waals surface area contributed by atoms with Gasteiger partial charge in [-0.25, -0.2) is 14.2 Å². The number of thiophene rings is 1. The van der Waals surface area contributed by atoms with Gasteiger partial charge in [0.15, 0.2) is 0 Å². The molecule has 0 aliphatic rings. The number of anilines is 2. The summed E-state index contributed by atoms with van der Waals surface area (Å²) in [5, 5.41) is 6.56. The van der Waals surface area contributed by atoms with Gasteiger partial charge in [0.25, 0.3) is 5.91 Å². The first kappa shape index (κ1) is 21.8. The predicted molar refractivity (Wildman–Crippen MR) is 123 cm³/mol. The molecule has 0 atom stereocenters. The molecule has 4 aromatic rings. The lowest BCUT2D eigenvalue weighted by molar-refractivity contribution is 0.0533. The molecule has 0 unspecified atom stereocenters. The van der Waals surface area contributed by atoms with E-state index in [1.54, 1.807) is 19.4 Å². The van der Waals surface area contributed by atoms with Crippen molar-refractivity contribution >= 4 is 56.3 Å². The highest BCUT2D eigenvalue weighted by Crippen LogP contribution is 2.38. The van der Waals surface area contributed by atoms with Crippen molar-refractivity contribution in [2.75, 3.05) is 17.2 Å². The van der Waals surface area contributed by atoms with Crippen molar-refractivity contribution in [3.8, 4) is 0 Å². The smallest absolute Gasteiger partial charge is 0.350 e. The van der Waals surface area contributed by atoms with E-state index in [0.717, 1.165) is 22.1 Å². The number of aromatic amines is 1. The van der Waals surface area contributed by atoms with E-state index in [-0.39, 0.29) is 22.1 Å². The lowest BCUT2D eigenvalue weighted by Crippen LogP contribution is -2.14. The van der Waals surface area contributed by atoms with Gasteiger partial charge in [0.1, 0.15) is 10.7 Å². The summed E-state index contributed by atoms with van der Waals surface area (Å²) in [4.78, 5) is 32.7. The van der Waals surface area contributed by atoms with Crippen molar-refractivity contribution < 1.29 is 18.7 Å². The van der Waals surface area contributed by atoms with Gasteiger partial charge in [-0.1, -0.05) is 11.6 Å². The first-order chi connectivity index (χ1) is 15.5. The molecule has 3 N–H and O–H groups in total. The van der Waals surface area contributed by atoms with Crippen LogP contribution in [-0.2, 0) is 11.3 Å². The minimum Gasteiger partial charge on any atom is -0.462 e. The minimum absolute atomic E-state index is 0.163. The molecule has 0 spiro atoms. The van der Waals surface area contributed by atoms with Crippen LogP contribution in [0.3, 0.4) is 0 Å². The Morgan fingerprint density at radius 1 is 1.25 bits per heavy atom. The minimum atomic E-state index is -0.621. The Balaban J connectivity index is 1.69. The third-order valence-corrected chi connectivity index (χ3v) is 6.05. The van der Waals surface area contributed by atoms with Crippen LogP contribution in [0.1, 0.15) is 32.6 Å². The van der Waals surface area contributed by atoms with Crippen LogP contribution in [0, 0.1) is 5.82 Å². The Kier molecular flexibility index (Phi) is 6.38. The van der Waals surface area contributed by atoms with Crippen molar-refractivity contribution in [2.24, 2.45) is 0 Å². The van der Waals surface area contributed by atoms with Crippen molar-refractivity contribution in [3.63, 3.8) is 0 Å². The zero-order valence-electron chi connectivity index (χ0n) is 16.9. The maximum atomic E-state index is 13.5. The largest absolute Gasteiger partial charge is 0.462 e. The van der Waals surface area contributed by atoms with Gasteiger partial charge in [0.05, 0.1) is 35.9 Å². The van der Waals surface area contributed by atoms with Gasteiger partial charge in [-0.3, -0.25) is 4.79 Å². The summed E-state index contributed by atoms with van der Waals surface area (Å²) in [6, 6.07) is 9.28. The van der Waals surface area contributed by atoms with Crippen molar-refractivity contribution in [1.29, 1.82) is 0 Å². The van der Waals surface area contributed by atoms with Crippen molar-refractivity contribution in [2.45, 2.75) is 13.5 Å². The molecular formula is C22H18ClFN4O3S. The number of H-pyrrole nitrogens is 1. The van der Waals surface area contributed by atoms with Crippen LogP contribution < -0.4 is 10.6 Å². The van der Waals surface area contributed by atoms with Crippen LogP contribution in [0.15, 0.2) is 48.9 Å². The molecule has 4 rings (SSSR count). The summed E-state index contributed by atoms with van der Waals surface area (Å²) in [6.45, 7) is 2.43. The normalized spacial score (nSPS) is 10.8. The topological polar surface area (TPSA) is 96.1 Å². The van der Waals surface area contributed by atoms with Gasteiger partial charge < -0.3 is 20.4 Å². The maximum absolute atomic E-state index is 13.5. The van der Waals surface area contributed by atoms with Crippen LogP contribution in [0.25, 0.3) is 10.1 Å². The number of nitrogens with zero attached hydrogens (tertiary/aromatic N) is 1. The van der Waals surface area contributed by atoms with Crippen molar-refractivity contribution in [3.05, 3.63) is 75.9 Å². The molecular weight excluding hydrogens is 455 g/mol. The van der Waals surface area contributed by atoms with E-state index < -0.39 is 17.7 Å². The van der Waals surface area contributed by atoms with Gasteiger partial charge >= 0.3 is 5.97 Å². The molecule has 1 amide bonds. The number of amides is 1. The predicted octanol–water partition coefficient (Wildman–Crippen LogP) is 5.46. The van der Waals surface area contributed by atoms with Gasteiger partial charge in [0.2, 0.25) is 0 Å². The number of carbonyl (C=O) groups is 2. The maximum Gasteiger partial charge on any atom is 0.350 e. The van der Waals surface area contributed by atoms with Crippen LogP contribution in [0.4, 0.5) is 15.8 Å². The molecule has 2 aromatic carbocycles. The molecule has 0 aliphatic heterocycles. The highest BCUT2D eigenvalue weighted by atomic mass is 35.5.